The summed E-state index contributed by atoms with van der Waals surface area (Å²) in [5.41, 5.74) is 0.383. The van der Waals surface area contributed by atoms with E-state index in [-0.39, 0.29) is 6.61 Å². The molecule has 0 spiro atoms. The fourth-order valence-electron chi connectivity index (χ4n) is 0.647. The van der Waals surface area contributed by atoms with E-state index < -0.39 is 5.97 Å². The Labute approximate surface area is 75.0 Å². The van der Waals surface area contributed by atoms with Gasteiger partial charge in [-0.15, -0.1) is 10.2 Å². The third-order valence-corrected chi connectivity index (χ3v) is 1.30. The minimum Gasteiger partial charge on any atom is -0.462 e. The number of aromatic nitrogens is 4. The molecule has 1 aromatic rings. The summed E-state index contributed by atoms with van der Waals surface area (Å²) in [7, 11) is 0. The van der Waals surface area contributed by atoms with E-state index in [2.05, 4.69) is 27.2 Å². The Hall–Kier alpha value is -1.72. The van der Waals surface area contributed by atoms with Crippen LogP contribution in [-0.4, -0.2) is 33.2 Å². The van der Waals surface area contributed by atoms with Crippen LogP contribution in [0.1, 0.15) is 12.7 Å². The van der Waals surface area contributed by atoms with Gasteiger partial charge >= 0.3 is 5.97 Å². The highest BCUT2D eigenvalue weighted by Gasteiger charge is 2.04. The van der Waals surface area contributed by atoms with Gasteiger partial charge < -0.3 is 4.74 Å². The van der Waals surface area contributed by atoms with Crippen molar-refractivity contribution < 1.29 is 9.53 Å². The molecule has 0 fully saturated rings. The number of nitrogens with zero attached hydrogens (tertiary/aromatic N) is 3. The molecule has 70 valence electrons. The van der Waals surface area contributed by atoms with Crippen LogP contribution in [0.2, 0.25) is 0 Å². The maximum absolute atomic E-state index is 10.9. The first-order valence-corrected chi connectivity index (χ1v) is 3.75. The van der Waals surface area contributed by atoms with Gasteiger partial charge in [-0.1, -0.05) is 11.8 Å². The van der Waals surface area contributed by atoms with Crippen molar-refractivity contribution in [3.05, 3.63) is 18.0 Å². The van der Waals surface area contributed by atoms with E-state index in [9.17, 15) is 4.79 Å². The summed E-state index contributed by atoms with van der Waals surface area (Å²) in [6.07, 6.45) is 0.454. The Morgan fingerprint density at radius 3 is 3.00 bits per heavy atom. The van der Waals surface area contributed by atoms with Crippen LogP contribution in [0.4, 0.5) is 0 Å². The van der Waals surface area contributed by atoms with Gasteiger partial charge in [0, 0.05) is 12.0 Å². The van der Waals surface area contributed by atoms with Crippen LogP contribution in [0.3, 0.4) is 0 Å². The number of esters is 1. The Balaban J connectivity index is 2.22. The Kier molecular flexibility index (Phi) is 3.13. The van der Waals surface area contributed by atoms with Crippen LogP contribution in [0.5, 0.6) is 0 Å². The molecule has 0 saturated carbocycles. The lowest BCUT2D eigenvalue weighted by molar-refractivity contribution is -0.138. The summed E-state index contributed by atoms with van der Waals surface area (Å²) in [4.78, 5) is 10.9. The molecule has 6 heteroatoms. The van der Waals surface area contributed by atoms with Gasteiger partial charge in [0.15, 0.2) is 5.82 Å². The minimum atomic E-state index is -0.400. The van der Waals surface area contributed by atoms with E-state index in [0.717, 1.165) is 0 Å². The SMILES string of the molecule is C=C(C)C(=O)OCCc1nn[nH]n1. The molecule has 0 radical (unpaired) electrons. The monoisotopic (exact) mass is 182 g/mol. The van der Waals surface area contributed by atoms with Gasteiger partial charge in [0.2, 0.25) is 0 Å². The summed E-state index contributed by atoms with van der Waals surface area (Å²) in [6.45, 7) is 5.28. The molecule has 0 unspecified atom stereocenters. The van der Waals surface area contributed by atoms with Gasteiger partial charge in [0.1, 0.15) is 0 Å². The van der Waals surface area contributed by atoms with Crippen LogP contribution in [0.25, 0.3) is 0 Å². The molecule has 1 heterocycles. The third-order valence-electron chi connectivity index (χ3n) is 1.30. The van der Waals surface area contributed by atoms with Crippen LogP contribution in [0, 0.1) is 0 Å². The Morgan fingerprint density at radius 1 is 1.69 bits per heavy atom. The molecule has 0 atom stereocenters. The van der Waals surface area contributed by atoms with Crippen LogP contribution < -0.4 is 0 Å². The molecular formula is C7H10N4O2. The average molecular weight is 182 g/mol. The predicted octanol–water partition coefficient (Wildman–Crippen LogP) is -0.139. The second-order valence-electron chi connectivity index (χ2n) is 2.49. The molecule has 13 heavy (non-hydrogen) atoms. The normalized spacial score (nSPS) is 9.62. The second-order valence-corrected chi connectivity index (χ2v) is 2.49. The van der Waals surface area contributed by atoms with E-state index in [0.29, 0.717) is 17.8 Å². The van der Waals surface area contributed by atoms with Crippen LogP contribution >= 0.6 is 0 Å². The van der Waals surface area contributed by atoms with Gasteiger partial charge in [0.05, 0.1) is 6.61 Å². The van der Waals surface area contributed by atoms with Gasteiger partial charge in [-0.05, 0) is 6.92 Å². The van der Waals surface area contributed by atoms with Crippen molar-refractivity contribution in [2.45, 2.75) is 13.3 Å². The summed E-state index contributed by atoms with van der Waals surface area (Å²) in [5.74, 6) is 0.123. The van der Waals surface area contributed by atoms with E-state index in [4.69, 9.17) is 4.74 Å². The van der Waals surface area contributed by atoms with Gasteiger partial charge in [-0.25, -0.2) is 4.79 Å². The quantitative estimate of drug-likeness (QED) is 0.517. The molecule has 0 aliphatic rings. The molecule has 0 amide bonds. The smallest absolute Gasteiger partial charge is 0.333 e. The van der Waals surface area contributed by atoms with E-state index >= 15 is 0 Å². The zero-order valence-corrected chi connectivity index (χ0v) is 7.28. The number of hydrogen-bond acceptors (Lipinski definition) is 5. The highest BCUT2D eigenvalue weighted by Crippen LogP contribution is 1.93. The van der Waals surface area contributed by atoms with E-state index in [1.807, 2.05) is 0 Å². The summed E-state index contributed by atoms with van der Waals surface area (Å²) >= 11 is 0. The van der Waals surface area contributed by atoms with Crippen molar-refractivity contribution in [2.75, 3.05) is 6.61 Å². The molecule has 1 N–H and O–H groups in total. The number of carbonyl (C=O) groups excluding carboxylic acids is 1. The van der Waals surface area contributed by atoms with Crippen LogP contribution in [0.15, 0.2) is 12.2 Å². The number of ether oxygens (including phenoxy) is 1. The summed E-state index contributed by atoms with van der Waals surface area (Å²) in [6, 6.07) is 0. The number of nitrogens with one attached hydrogen (secondary N) is 1. The minimum absolute atomic E-state index is 0.241. The van der Waals surface area contributed by atoms with E-state index in [1.165, 1.54) is 0 Å². The first kappa shape index (κ1) is 9.37. The fourth-order valence-corrected chi connectivity index (χ4v) is 0.647. The molecule has 0 saturated heterocycles. The van der Waals surface area contributed by atoms with Gasteiger partial charge in [-0.2, -0.15) is 5.21 Å². The van der Waals surface area contributed by atoms with Gasteiger partial charge in [0.25, 0.3) is 0 Å². The predicted molar refractivity (Wildman–Crippen MR) is 43.7 cm³/mol. The lowest BCUT2D eigenvalue weighted by atomic mass is 10.3. The molecule has 0 bridgehead atoms. The van der Waals surface area contributed by atoms with Gasteiger partial charge in [-0.3, -0.25) is 0 Å². The maximum Gasteiger partial charge on any atom is 0.333 e. The average Bonchev–Trinajstić information content (AvgIpc) is 2.56. The Bertz CT molecular complexity index is 293. The highest BCUT2D eigenvalue weighted by atomic mass is 16.5. The summed E-state index contributed by atoms with van der Waals surface area (Å²) in [5, 5.41) is 13.1. The largest absolute Gasteiger partial charge is 0.462 e. The van der Waals surface area contributed by atoms with Crippen LogP contribution in [-0.2, 0) is 16.0 Å². The first-order chi connectivity index (χ1) is 6.20. The fraction of sp³-hybridized carbons (Fsp3) is 0.429. The topological polar surface area (TPSA) is 80.8 Å². The van der Waals surface area contributed by atoms with Crippen molar-refractivity contribution in [1.29, 1.82) is 0 Å². The number of rotatable bonds is 4. The maximum atomic E-state index is 10.9. The third kappa shape index (κ3) is 3.02. The molecule has 0 aliphatic carbocycles. The second kappa shape index (κ2) is 4.34. The Morgan fingerprint density at radius 2 is 2.46 bits per heavy atom. The number of tetrazole rings is 1. The molecule has 0 aromatic carbocycles. The number of H-pyrrole nitrogens is 1. The lowest BCUT2D eigenvalue weighted by Crippen LogP contribution is -2.08. The molecule has 6 nitrogen and oxygen atoms in total. The van der Waals surface area contributed by atoms with Crippen molar-refractivity contribution >= 4 is 5.97 Å². The lowest BCUT2D eigenvalue weighted by Gasteiger charge is -2.00. The molecule has 1 aromatic heterocycles. The zero-order valence-electron chi connectivity index (χ0n) is 7.28. The summed E-state index contributed by atoms with van der Waals surface area (Å²) < 4.78 is 4.82. The standard InChI is InChI=1S/C7H10N4O2/c1-5(2)7(12)13-4-3-6-8-10-11-9-6/h1,3-4H2,2H3,(H,8,9,10,11). The van der Waals surface area contributed by atoms with E-state index in [1.54, 1.807) is 6.92 Å². The van der Waals surface area contributed by atoms with Crippen molar-refractivity contribution in [3.8, 4) is 0 Å². The number of hydrogen-bond donors (Lipinski definition) is 1. The first-order valence-electron chi connectivity index (χ1n) is 3.75. The highest BCUT2D eigenvalue weighted by molar-refractivity contribution is 5.86. The van der Waals surface area contributed by atoms with Crippen molar-refractivity contribution in [2.24, 2.45) is 0 Å². The number of carbonyl (C=O) groups is 1. The molecule has 0 aliphatic heterocycles. The molecule has 1 rings (SSSR count). The molecular weight excluding hydrogens is 172 g/mol. The number of aromatic amines is 1. The van der Waals surface area contributed by atoms with Crippen molar-refractivity contribution in [3.63, 3.8) is 0 Å². The van der Waals surface area contributed by atoms with Crippen molar-refractivity contribution in [1.82, 2.24) is 20.6 Å². The zero-order chi connectivity index (χ0) is 9.68.